The Kier molecular flexibility index (Phi) is 13.1. The van der Waals surface area contributed by atoms with Gasteiger partial charge in [0, 0.05) is 13.3 Å². The lowest BCUT2D eigenvalue weighted by atomic mass is 10.3. The summed E-state index contributed by atoms with van der Waals surface area (Å²) in [6, 6.07) is 0. The molecule has 0 saturated carbocycles. The third-order valence-electron chi connectivity index (χ3n) is 0.616. The summed E-state index contributed by atoms with van der Waals surface area (Å²) in [7, 11) is 1.74. The predicted octanol–water partition coefficient (Wildman–Crippen LogP) is 2.85. The van der Waals surface area contributed by atoms with Crippen molar-refractivity contribution in [2.24, 2.45) is 4.99 Å². The molecule has 0 amide bonds. The van der Waals surface area contributed by atoms with Gasteiger partial charge in [-0.1, -0.05) is 32.1 Å². The van der Waals surface area contributed by atoms with Crippen LogP contribution in [0.3, 0.4) is 0 Å². The SMILES string of the molecule is C=C(C)/C=C\C=NC.CC. The molecular weight excluding hydrogens is 122 g/mol. The van der Waals surface area contributed by atoms with E-state index in [4.69, 9.17) is 0 Å². The molecule has 0 aliphatic carbocycles. The van der Waals surface area contributed by atoms with E-state index < -0.39 is 0 Å². The van der Waals surface area contributed by atoms with Gasteiger partial charge in [-0.15, -0.1) is 0 Å². The summed E-state index contributed by atoms with van der Waals surface area (Å²) in [5.74, 6) is 0. The van der Waals surface area contributed by atoms with Crippen molar-refractivity contribution in [2.45, 2.75) is 20.8 Å². The van der Waals surface area contributed by atoms with Gasteiger partial charge in [0.25, 0.3) is 0 Å². The molecule has 0 N–H and O–H groups in total. The van der Waals surface area contributed by atoms with Crippen molar-refractivity contribution in [3.8, 4) is 0 Å². The second kappa shape index (κ2) is 11.0. The van der Waals surface area contributed by atoms with Gasteiger partial charge < -0.3 is 0 Å². The van der Waals surface area contributed by atoms with Gasteiger partial charge in [-0.2, -0.15) is 0 Å². The fraction of sp³-hybridized carbons (Fsp3) is 0.444. The highest BCUT2D eigenvalue weighted by Crippen LogP contribution is 1.85. The molecule has 0 bridgehead atoms. The molecule has 0 saturated heterocycles. The maximum absolute atomic E-state index is 3.75. The van der Waals surface area contributed by atoms with Gasteiger partial charge in [-0.05, 0) is 13.0 Å². The van der Waals surface area contributed by atoms with Gasteiger partial charge in [0.15, 0.2) is 0 Å². The highest BCUT2D eigenvalue weighted by molar-refractivity contribution is 5.71. The summed E-state index contributed by atoms with van der Waals surface area (Å²) in [5, 5.41) is 0. The Morgan fingerprint density at radius 2 is 1.90 bits per heavy atom. The molecule has 0 aromatic heterocycles. The lowest BCUT2D eigenvalue weighted by Gasteiger charge is -1.78. The van der Waals surface area contributed by atoms with Crippen LogP contribution in [0.1, 0.15) is 20.8 Å². The Bertz CT molecular complexity index is 121. The van der Waals surface area contributed by atoms with Crippen molar-refractivity contribution < 1.29 is 0 Å². The fourth-order valence-electron chi connectivity index (χ4n) is 0.293. The molecule has 0 rings (SSSR count). The van der Waals surface area contributed by atoms with E-state index in [-0.39, 0.29) is 0 Å². The molecule has 0 aromatic rings. The van der Waals surface area contributed by atoms with E-state index in [1.54, 1.807) is 13.3 Å². The van der Waals surface area contributed by atoms with Crippen LogP contribution in [0.5, 0.6) is 0 Å². The van der Waals surface area contributed by atoms with Crippen LogP contribution in [0.25, 0.3) is 0 Å². The average Bonchev–Trinajstić information content (AvgIpc) is 1.92. The highest BCUT2D eigenvalue weighted by atomic mass is 14.6. The molecular formula is C9H17N. The fourth-order valence-corrected chi connectivity index (χ4v) is 0.293. The monoisotopic (exact) mass is 139 g/mol. The molecule has 0 radical (unpaired) electrons. The lowest BCUT2D eigenvalue weighted by molar-refractivity contribution is 1.47. The van der Waals surface area contributed by atoms with Crippen molar-refractivity contribution in [1.29, 1.82) is 0 Å². The van der Waals surface area contributed by atoms with Crippen molar-refractivity contribution in [3.63, 3.8) is 0 Å². The molecule has 58 valence electrons. The summed E-state index contributed by atoms with van der Waals surface area (Å²) in [6.45, 7) is 9.62. The van der Waals surface area contributed by atoms with Crippen molar-refractivity contribution >= 4 is 6.21 Å². The maximum atomic E-state index is 3.75. The normalized spacial score (nSPS) is 9.60. The van der Waals surface area contributed by atoms with E-state index in [1.165, 1.54) is 0 Å². The van der Waals surface area contributed by atoms with Gasteiger partial charge in [0.05, 0.1) is 0 Å². The number of rotatable bonds is 2. The minimum absolute atomic E-state index is 1.05. The van der Waals surface area contributed by atoms with Crippen LogP contribution in [-0.4, -0.2) is 13.3 Å². The average molecular weight is 139 g/mol. The first kappa shape index (κ1) is 11.9. The van der Waals surface area contributed by atoms with Crippen LogP contribution < -0.4 is 0 Å². The molecule has 0 atom stereocenters. The number of nitrogens with zero attached hydrogens (tertiary/aromatic N) is 1. The Morgan fingerprint density at radius 3 is 2.20 bits per heavy atom. The van der Waals surface area contributed by atoms with Crippen LogP contribution in [0, 0.1) is 0 Å². The second-order valence-electron chi connectivity index (χ2n) is 1.61. The van der Waals surface area contributed by atoms with E-state index in [9.17, 15) is 0 Å². The van der Waals surface area contributed by atoms with Gasteiger partial charge in [0.1, 0.15) is 0 Å². The van der Waals surface area contributed by atoms with E-state index in [0.717, 1.165) is 5.57 Å². The Balaban J connectivity index is 0. The molecule has 0 aromatic carbocycles. The zero-order valence-corrected chi connectivity index (χ0v) is 7.39. The van der Waals surface area contributed by atoms with E-state index in [0.29, 0.717) is 0 Å². The molecule has 1 heteroatoms. The zero-order chi connectivity index (χ0) is 8.41. The number of hydrogen-bond acceptors (Lipinski definition) is 1. The van der Waals surface area contributed by atoms with Crippen LogP contribution >= 0.6 is 0 Å². The van der Waals surface area contributed by atoms with E-state index in [1.807, 2.05) is 32.9 Å². The molecule has 1 nitrogen and oxygen atoms in total. The minimum atomic E-state index is 1.05. The summed E-state index contributed by atoms with van der Waals surface area (Å²) in [5.41, 5.74) is 1.05. The van der Waals surface area contributed by atoms with Crippen molar-refractivity contribution in [1.82, 2.24) is 0 Å². The third-order valence-corrected chi connectivity index (χ3v) is 0.616. The first-order chi connectivity index (χ1) is 4.77. The smallest absolute Gasteiger partial charge is 0.0277 e. The summed E-state index contributed by atoms with van der Waals surface area (Å²) < 4.78 is 0. The van der Waals surface area contributed by atoms with Crippen LogP contribution in [0.4, 0.5) is 0 Å². The van der Waals surface area contributed by atoms with E-state index >= 15 is 0 Å². The van der Waals surface area contributed by atoms with Gasteiger partial charge in [-0.25, -0.2) is 0 Å². The van der Waals surface area contributed by atoms with Gasteiger partial charge in [0.2, 0.25) is 0 Å². The molecule has 10 heavy (non-hydrogen) atoms. The molecule has 0 aliphatic heterocycles. The van der Waals surface area contributed by atoms with Crippen molar-refractivity contribution in [2.75, 3.05) is 7.05 Å². The topological polar surface area (TPSA) is 12.4 Å². The largest absolute Gasteiger partial charge is 0.297 e. The number of aliphatic imine (C=N–C) groups is 1. The van der Waals surface area contributed by atoms with Gasteiger partial charge >= 0.3 is 0 Å². The minimum Gasteiger partial charge on any atom is -0.297 e. The summed E-state index contributed by atoms with van der Waals surface area (Å²) >= 11 is 0. The molecule has 0 aliphatic rings. The summed E-state index contributed by atoms with van der Waals surface area (Å²) in [6.07, 6.45) is 5.50. The van der Waals surface area contributed by atoms with E-state index in [2.05, 4.69) is 11.6 Å². The Labute approximate surface area is 64.2 Å². The molecule has 0 unspecified atom stereocenters. The number of hydrogen-bond donors (Lipinski definition) is 0. The number of allylic oxidation sites excluding steroid dienone is 3. The molecule has 0 fully saturated rings. The molecule has 0 heterocycles. The first-order valence-corrected chi connectivity index (χ1v) is 3.51. The zero-order valence-electron chi connectivity index (χ0n) is 7.39. The standard InChI is InChI=1S/C7H11N.C2H6/c1-7(2)5-4-6-8-3;1-2/h4-6H,1H2,2-3H3;1-2H3/b5-4-,8-6?;. The highest BCUT2D eigenvalue weighted by Gasteiger charge is 1.67. The quantitative estimate of drug-likeness (QED) is 0.412. The predicted molar refractivity (Wildman–Crippen MR) is 49.7 cm³/mol. The maximum Gasteiger partial charge on any atom is 0.0277 e. The van der Waals surface area contributed by atoms with Crippen molar-refractivity contribution in [3.05, 3.63) is 24.3 Å². The van der Waals surface area contributed by atoms with Crippen LogP contribution in [-0.2, 0) is 0 Å². The second-order valence-corrected chi connectivity index (χ2v) is 1.61. The first-order valence-electron chi connectivity index (χ1n) is 3.51. The lowest BCUT2D eigenvalue weighted by Crippen LogP contribution is -1.63. The Hall–Kier alpha value is -0.850. The Morgan fingerprint density at radius 1 is 1.40 bits per heavy atom. The third kappa shape index (κ3) is 15.7. The molecule has 0 spiro atoms. The van der Waals surface area contributed by atoms with Gasteiger partial charge in [-0.3, -0.25) is 4.99 Å². The summed E-state index contributed by atoms with van der Waals surface area (Å²) in [4.78, 5) is 3.75. The van der Waals surface area contributed by atoms with Crippen LogP contribution in [0.2, 0.25) is 0 Å². The van der Waals surface area contributed by atoms with Crippen LogP contribution in [0.15, 0.2) is 29.3 Å².